The van der Waals surface area contributed by atoms with Crippen molar-refractivity contribution >= 4 is 5.97 Å². The zero-order valence-electron chi connectivity index (χ0n) is 11.6. The number of hydrogen-bond acceptors (Lipinski definition) is 4. The summed E-state index contributed by atoms with van der Waals surface area (Å²) in [5.41, 5.74) is 0.548. The lowest BCUT2D eigenvalue weighted by molar-refractivity contribution is -0.137. The number of benzene rings is 1. The Labute approximate surface area is 118 Å². The molecular weight excluding hydrogens is 258 g/mol. The fraction of sp³-hybridized carbons (Fsp3) is 0.533. The van der Waals surface area contributed by atoms with Crippen molar-refractivity contribution in [3.05, 3.63) is 23.8 Å². The topological polar surface area (TPSA) is 81.0 Å². The Kier molecular flexibility index (Phi) is 4.49. The first-order valence-corrected chi connectivity index (χ1v) is 6.95. The summed E-state index contributed by atoms with van der Waals surface area (Å²) in [4.78, 5) is 12.8. The van der Waals surface area contributed by atoms with E-state index in [9.17, 15) is 15.0 Å². The third-order valence-electron chi connectivity index (χ3n) is 4.11. The zero-order chi connectivity index (χ0) is 14.7. The maximum absolute atomic E-state index is 10.6. The molecule has 0 spiro atoms. The number of phenolic OH excluding ortho intramolecular Hbond substituents is 2. The zero-order valence-corrected chi connectivity index (χ0v) is 11.6. The Hall–Kier alpha value is -1.75. The lowest BCUT2D eigenvalue weighted by Crippen LogP contribution is -2.24. The van der Waals surface area contributed by atoms with Crippen molar-refractivity contribution in [3.63, 3.8) is 0 Å². The largest absolute Gasteiger partial charge is 0.507 e. The molecule has 1 aromatic rings. The van der Waals surface area contributed by atoms with Gasteiger partial charge < -0.3 is 15.3 Å². The maximum Gasteiger partial charge on any atom is 0.303 e. The van der Waals surface area contributed by atoms with Crippen LogP contribution in [0.5, 0.6) is 11.5 Å². The summed E-state index contributed by atoms with van der Waals surface area (Å²) in [6.45, 7) is 3.62. The van der Waals surface area contributed by atoms with Crippen molar-refractivity contribution in [2.45, 2.75) is 32.2 Å². The Morgan fingerprint density at radius 1 is 1.40 bits per heavy atom. The van der Waals surface area contributed by atoms with E-state index >= 15 is 0 Å². The number of aromatic hydroxyl groups is 2. The first-order chi connectivity index (χ1) is 9.49. The van der Waals surface area contributed by atoms with Crippen LogP contribution in [0.4, 0.5) is 0 Å². The molecule has 110 valence electrons. The summed E-state index contributed by atoms with van der Waals surface area (Å²) in [6.07, 6.45) is 1.85. The third-order valence-corrected chi connectivity index (χ3v) is 4.11. The first kappa shape index (κ1) is 14.7. The number of aliphatic carboxylic acids is 1. The van der Waals surface area contributed by atoms with Crippen LogP contribution >= 0.6 is 0 Å². The molecule has 1 aliphatic heterocycles. The second-order valence-electron chi connectivity index (χ2n) is 5.47. The molecule has 0 radical (unpaired) electrons. The van der Waals surface area contributed by atoms with Crippen LogP contribution in [0.15, 0.2) is 18.2 Å². The standard InChI is InChI=1S/C15H21NO4/c1-10(15-12(17)3-2-4-13(15)18)16-8-7-11(9-16)5-6-14(19)20/h2-4,10-11,17-18H,5-9H2,1H3,(H,19,20). The van der Waals surface area contributed by atoms with E-state index in [0.29, 0.717) is 17.9 Å². The number of nitrogens with zero attached hydrogens (tertiary/aromatic N) is 1. The average molecular weight is 279 g/mol. The van der Waals surface area contributed by atoms with Gasteiger partial charge in [0.05, 0.1) is 5.56 Å². The summed E-state index contributed by atoms with van der Waals surface area (Å²) in [5, 5.41) is 28.5. The lowest BCUT2D eigenvalue weighted by atomic mass is 10.0. The van der Waals surface area contributed by atoms with Crippen molar-refractivity contribution < 1.29 is 20.1 Å². The van der Waals surface area contributed by atoms with Crippen LogP contribution in [-0.4, -0.2) is 39.3 Å². The molecule has 1 fully saturated rings. The number of hydrogen-bond donors (Lipinski definition) is 3. The van der Waals surface area contributed by atoms with Crippen LogP contribution in [0.25, 0.3) is 0 Å². The smallest absolute Gasteiger partial charge is 0.303 e. The van der Waals surface area contributed by atoms with Gasteiger partial charge >= 0.3 is 5.97 Å². The van der Waals surface area contributed by atoms with Crippen LogP contribution < -0.4 is 0 Å². The molecule has 2 rings (SSSR count). The highest BCUT2D eigenvalue weighted by Gasteiger charge is 2.29. The SMILES string of the molecule is CC(c1c(O)cccc1O)N1CCC(CCC(=O)O)C1. The van der Waals surface area contributed by atoms with Crippen molar-refractivity contribution in [1.29, 1.82) is 0 Å². The Morgan fingerprint density at radius 3 is 2.65 bits per heavy atom. The van der Waals surface area contributed by atoms with Gasteiger partial charge in [0.15, 0.2) is 0 Å². The third kappa shape index (κ3) is 3.22. The van der Waals surface area contributed by atoms with E-state index in [2.05, 4.69) is 4.90 Å². The van der Waals surface area contributed by atoms with Crippen molar-refractivity contribution in [3.8, 4) is 11.5 Å². The predicted octanol–water partition coefficient (Wildman–Crippen LogP) is 2.35. The second-order valence-corrected chi connectivity index (χ2v) is 5.47. The molecule has 3 N–H and O–H groups in total. The quantitative estimate of drug-likeness (QED) is 0.771. The Bertz CT molecular complexity index is 469. The summed E-state index contributed by atoms with van der Waals surface area (Å²) < 4.78 is 0. The number of carboxylic acids is 1. The number of rotatable bonds is 5. The Balaban J connectivity index is 2.01. The molecule has 20 heavy (non-hydrogen) atoms. The van der Waals surface area contributed by atoms with Gasteiger partial charge in [-0.2, -0.15) is 0 Å². The highest BCUT2D eigenvalue weighted by Crippen LogP contribution is 2.38. The Morgan fingerprint density at radius 2 is 2.05 bits per heavy atom. The van der Waals surface area contributed by atoms with Crippen LogP contribution in [0.3, 0.4) is 0 Å². The number of phenols is 2. The van der Waals surface area contributed by atoms with E-state index in [-0.39, 0.29) is 24.0 Å². The highest BCUT2D eigenvalue weighted by molar-refractivity contribution is 5.66. The predicted molar refractivity (Wildman–Crippen MR) is 74.7 cm³/mol. The fourth-order valence-corrected chi connectivity index (χ4v) is 2.93. The molecule has 0 amide bonds. The highest BCUT2D eigenvalue weighted by atomic mass is 16.4. The molecule has 2 atom stereocenters. The van der Waals surface area contributed by atoms with E-state index in [1.807, 2.05) is 6.92 Å². The normalized spacial score (nSPS) is 20.9. The maximum atomic E-state index is 10.6. The molecule has 1 aromatic carbocycles. The molecule has 1 saturated heterocycles. The van der Waals surface area contributed by atoms with Crippen LogP contribution in [0.2, 0.25) is 0 Å². The van der Waals surface area contributed by atoms with Gasteiger partial charge in [-0.1, -0.05) is 6.07 Å². The number of carbonyl (C=O) groups is 1. The molecule has 5 nitrogen and oxygen atoms in total. The molecule has 2 unspecified atom stereocenters. The summed E-state index contributed by atoms with van der Waals surface area (Å²) in [5.74, 6) is -0.172. The summed E-state index contributed by atoms with van der Waals surface area (Å²) in [7, 11) is 0. The molecule has 0 aliphatic carbocycles. The second kappa shape index (κ2) is 6.13. The van der Waals surface area contributed by atoms with Gasteiger partial charge in [-0.05, 0) is 44.4 Å². The van der Waals surface area contributed by atoms with Gasteiger partial charge in [-0.3, -0.25) is 9.69 Å². The molecular formula is C15H21NO4. The molecule has 5 heteroatoms. The van der Waals surface area contributed by atoms with Gasteiger partial charge in [0.2, 0.25) is 0 Å². The van der Waals surface area contributed by atoms with E-state index in [1.165, 1.54) is 0 Å². The minimum Gasteiger partial charge on any atom is -0.507 e. The average Bonchev–Trinajstić information content (AvgIpc) is 2.84. The van der Waals surface area contributed by atoms with Gasteiger partial charge in [-0.25, -0.2) is 0 Å². The van der Waals surface area contributed by atoms with Crippen molar-refractivity contribution in [2.24, 2.45) is 5.92 Å². The molecule has 0 bridgehead atoms. The summed E-state index contributed by atoms with van der Waals surface area (Å²) in [6, 6.07) is 4.68. The van der Waals surface area contributed by atoms with E-state index < -0.39 is 5.97 Å². The van der Waals surface area contributed by atoms with E-state index in [0.717, 1.165) is 19.5 Å². The summed E-state index contributed by atoms with van der Waals surface area (Å²) >= 11 is 0. The van der Waals surface area contributed by atoms with Gasteiger partial charge in [0.25, 0.3) is 0 Å². The molecule has 1 aliphatic rings. The first-order valence-electron chi connectivity index (χ1n) is 6.95. The van der Waals surface area contributed by atoms with Gasteiger partial charge in [0.1, 0.15) is 11.5 Å². The molecule has 1 heterocycles. The van der Waals surface area contributed by atoms with Crippen LogP contribution in [0, 0.1) is 5.92 Å². The number of carboxylic acid groups (broad SMARTS) is 1. The fourth-order valence-electron chi connectivity index (χ4n) is 2.93. The minimum atomic E-state index is -0.755. The van der Waals surface area contributed by atoms with E-state index in [1.54, 1.807) is 18.2 Å². The molecule has 0 saturated carbocycles. The van der Waals surface area contributed by atoms with Crippen molar-refractivity contribution in [2.75, 3.05) is 13.1 Å². The van der Waals surface area contributed by atoms with Gasteiger partial charge in [0, 0.05) is 19.0 Å². The monoisotopic (exact) mass is 279 g/mol. The lowest BCUT2D eigenvalue weighted by Gasteiger charge is -2.26. The van der Waals surface area contributed by atoms with Crippen LogP contribution in [0.1, 0.15) is 37.8 Å². The van der Waals surface area contributed by atoms with Crippen LogP contribution in [-0.2, 0) is 4.79 Å². The van der Waals surface area contributed by atoms with Gasteiger partial charge in [-0.15, -0.1) is 0 Å². The van der Waals surface area contributed by atoms with E-state index in [4.69, 9.17) is 5.11 Å². The number of likely N-dealkylation sites (tertiary alicyclic amines) is 1. The molecule has 0 aromatic heterocycles. The van der Waals surface area contributed by atoms with Crippen molar-refractivity contribution in [1.82, 2.24) is 4.90 Å². The minimum absolute atomic E-state index is 0.0778.